The van der Waals surface area contributed by atoms with Crippen molar-refractivity contribution in [2.24, 2.45) is 5.92 Å². The zero-order valence-electron chi connectivity index (χ0n) is 12.6. The summed E-state index contributed by atoms with van der Waals surface area (Å²) in [6.07, 6.45) is 3.89. The molecule has 1 aliphatic heterocycles. The average Bonchev–Trinajstić information content (AvgIpc) is 2.46. The van der Waals surface area contributed by atoms with Crippen molar-refractivity contribution in [3.63, 3.8) is 0 Å². The lowest BCUT2D eigenvalue weighted by Crippen LogP contribution is -2.36. The van der Waals surface area contributed by atoms with Gasteiger partial charge in [-0.2, -0.15) is 0 Å². The fraction of sp³-hybridized carbons (Fsp3) is 0.733. The second kappa shape index (κ2) is 6.22. The number of anilines is 2. The Morgan fingerprint density at radius 2 is 2.21 bits per heavy atom. The summed E-state index contributed by atoms with van der Waals surface area (Å²) in [5, 5.41) is 3.15. The summed E-state index contributed by atoms with van der Waals surface area (Å²) in [5.41, 5.74) is 0. The first-order valence-electron chi connectivity index (χ1n) is 7.45. The van der Waals surface area contributed by atoms with E-state index in [1.165, 1.54) is 19.3 Å². The van der Waals surface area contributed by atoms with Gasteiger partial charge in [-0.3, -0.25) is 0 Å². The van der Waals surface area contributed by atoms with Gasteiger partial charge in [0.05, 0.1) is 0 Å². The third-order valence-corrected chi connectivity index (χ3v) is 3.92. The molecule has 2 heterocycles. The van der Waals surface area contributed by atoms with Crippen LogP contribution in [0.2, 0.25) is 0 Å². The summed E-state index contributed by atoms with van der Waals surface area (Å²) in [7, 11) is 1.92. The van der Waals surface area contributed by atoms with Crippen LogP contribution in [0.15, 0.2) is 6.07 Å². The van der Waals surface area contributed by atoms with Gasteiger partial charge in [-0.05, 0) is 18.8 Å². The monoisotopic (exact) mass is 262 g/mol. The third kappa shape index (κ3) is 3.37. The van der Waals surface area contributed by atoms with E-state index < -0.39 is 0 Å². The summed E-state index contributed by atoms with van der Waals surface area (Å²) < 4.78 is 0. The van der Waals surface area contributed by atoms with Gasteiger partial charge in [-0.1, -0.05) is 27.2 Å². The van der Waals surface area contributed by atoms with Crippen LogP contribution in [0.5, 0.6) is 0 Å². The summed E-state index contributed by atoms with van der Waals surface area (Å²) in [5.74, 6) is 4.11. The summed E-state index contributed by atoms with van der Waals surface area (Å²) in [6, 6.07) is 2.07. The van der Waals surface area contributed by atoms with E-state index >= 15 is 0 Å². The largest absolute Gasteiger partial charge is 0.373 e. The van der Waals surface area contributed by atoms with Crippen LogP contribution in [-0.2, 0) is 0 Å². The van der Waals surface area contributed by atoms with E-state index in [0.717, 1.165) is 36.5 Å². The van der Waals surface area contributed by atoms with Gasteiger partial charge in [-0.25, -0.2) is 9.97 Å². The van der Waals surface area contributed by atoms with Gasteiger partial charge in [0.25, 0.3) is 0 Å². The number of hydrogen-bond donors (Lipinski definition) is 1. The Morgan fingerprint density at radius 3 is 2.84 bits per heavy atom. The first-order chi connectivity index (χ1) is 9.13. The van der Waals surface area contributed by atoms with Gasteiger partial charge >= 0.3 is 0 Å². The van der Waals surface area contributed by atoms with Crippen molar-refractivity contribution in [1.29, 1.82) is 0 Å². The van der Waals surface area contributed by atoms with Gasteiger partial charge in [0.15, 0.2) is 0 Å². The van der Waals surface area contributed by atoms with Gasteiger partial charge in [-0.15, -0.1) is 0 Å². The van der Waals surface area contributed by atoms with Crippen LogP contribution in [0.25, 0.3) is 0 Å². The molecule has 4 nitrogen and oxygen atoms in total. The molecule has 1 aliphatic rings. The molecule has 1 N–H and O–H groups in total. The maximum Gasteiger partial charge on any atom is 0.135 e. The molecule has 0 bridgehead atoms. The van der Waals surface area contributed by atoms with Crippen LogP contribution < -0.4 is 10.2 Å². The second-order valence-electron chi connectivity index (χ2n) is 5.74. The Hall–Kier alpha value is -1.32. The minimum absolute atomic E-state index is 0.360. The van der Waals surface area contributed by atoms with Gasteiger partial charge < -0.3 is 10.2 Å². The van der Waals surface area contributed by atoms with Crippen molar-refractivity contribution in [2.75, 3.05) is 30.4 Å². The average molecular weight is 262 g/mol. The normalized spacial score (nSPS) is 19.8. The molecule has 4 heteroatoms. The Labute approximate surface area is 116 Å². The fourth-order valence-corrected chi connectivity index (χ4v) is 2.61. The van der Waals surface area contributed by atoms with Crippen LogP contribution in [0.4, 0.5) is 11.6 Å². The standard InChI is InChI=1S/C15H26N4/c1-5-12-7-6-8-19(10-12)14-9-13(16-4)17-15(18-14)11(2)3/h9,11-12H,5-8,10H2,1-4H3,(H,16,17,18). The smallest absolute Gasteiger partial charge is 0.135 e. The highest BCUT2D eigenvalue weighted by Crippen LogP contribution is 2.26. The Bertz CT molecular complexity index is 417. The van der Waals surface area contributed by atoms with Crippen molar-refractivity contribution in [3.05, 3.63) is 11.9 Å². The molecule has 0 saturated carbocycles. The molecule has 0 radical (unpaired) electrons. The number of nitrogens with zero attached hydrogens (tertiary/aromatic N) is 3. The number of piperidine rings is 1. The van der Waals surface area contributed by atoms with E-state index in [-0.39, 0.29) is 0 Å². The molecule has 0 amide bonds. The second-order valence-corrected chi connectivity index (χ2v) is 5.74. The SMILES string of the molecule is CCC1CCCN(c2cc(NC)nc(C(C)C)n2)C1. The predicted octanol–water partition coefficient (Wildman–Crippen LogP) is 3.27. The predicted molar refractivity (Wildman–Crippen MR) is 80.9 cm³/mol. The summed E-state index contributed by atoms with van der Waals surface area (Å²) in [4.78, 5) is 11.7. The van der Waals surface area contributed by atoms with Crippen molar-refractivity contribution >= 4 is 11.6 Å². The molecular formula is C15H26N4. The zero-order chi connectivity index (χ0) is 13.8. The maximum absolute atomic E-state index is 4.75. The third-order valence-electron chi connectivity index (χ3n) is 3.92. The molecule has 2 rings (SSSR count). The van der Waals surface area contributed by atoms with E-state index in [1.807, 2.05) is 7.05 Å². The Kier molecular flexibility index (Phi) is 4.61. The first-order valence-corrected chi connectivity index (χ1v) is 7.45. The Balaban J connectivity index is 2.25. The molecule has 19 heavy (non-hydrogen) atoms. The minimum atomic E-state index is 0.360. The lowest BCUT2D eigenvalue weighted by Gasteiger charge is -2.33. The van der Waals surface area contributed by atoms with Crippen molar-refractivity contribution in [3.8, 4) is 0 Å². The molecule has 1 fully saturated rings. The van der Waals surface area contributed by atoms with Gasteiger partial charge in [0.1, 0.15) is 17.5 Å². The molecule has 1 atom stereocenters. The van der Waals surface area contributed by atoms with Crippen molar-refractivity contribution in [1.82, 2.24) is 9.97 Å². The number of nitrogens with one attached hydrogen (secondary N) is 1. The van der Waals surface area contributed by atoms with E-state index in [0.29, 0.717) is 5.92 Å². The van der Waals surface area contributed by atoms with Crippen molar-refractivity contribution < 1.29 is 0 Å². The summed E-state index contributed by atoms with van der Waals surface area (Å²) >= 11 is 0. The maximum atomic E-state index is 4.75. The zero-order valence-corrected chi connectivity index (χ0v) is 12.6. The fourth-order valence-electron chi connectivity index (χ4n) is 2.61. The lowest BCUT2D eigenvalue weighted by atomic mass is 9.96. The van der Waals surface area contributed by atoms with E-state index in [4.69, 9.17) is 4.98 Å². The van der Waals surface area contributed by atoms with Crippen LogP contribution in [-0.4, -0.2) is 30.1 Å². The lowest BCUT2D eigenvalue weighted by molar-refractivity contribution is 0.402. The molecule has 1 aromatic rings. The molecule has 1 saturated heterocycles. The van der Waals surface area contributed by atoms with E-state index in [9.17, 15) is 0 Å². The van der Waals surface area contributed by atoms with Crippen molar-refractivity contribution in [2.45, 2.75) is 46.0 Å². The van der Waals surface area contributed by atoms with Gasteiger partial charge in [0.2, 0.25) is 0 Å². The van der Waals surface area contributed by atoms with Gasteiger partial charge in [0, 0.05) is 32.1 Å². The van der Waals surface area contributed by atoms with Crippen LogP contribution >= 0.6 is 0 Å². The van der Waals surface area contributed by atoms with Crippen LogP contribution in [0, 0.1) is 5.92 Å². The first kappa shape index (κ1) is 14.1. The molecule has 0 aromatic carbocycles. The van der Waals surface area contributed by atoms with E-state index in [1.54, 1.807) is 0 Å². The topological polar surface area (TPSA) is 41.0 Å². The number of rotatable bonds is 4. The van der Waals surface area contributed by atoms with Crippen LogP contribution in [0.3, 0.4) is 0 Å². The highest BCUT2D eigenvalue weighted by atomic mass is 15.2. The van der Waals surface area contributed by atoms with E-state index in [2.05, 4.69) is 42.0 Å². The molecule has 0 aliphatic carbocycles. The molecule has 106 valence electrons. The Morgan fingerprint density at radius 1 is 1.42 bits per heavy atom. The van der Waals surface area contributed by atoms with Crippen LogP contribution in [0.1, 0.15) is 51.8 Å². The molecular weight excluding hydrogens is 236 g/mol. The molecule has 0 spiro atoms. The number of aromatic nitrogens is 2. The minimum Gasteiger partial charge on any atom is -0.373 e. The molecule has 1 unspecified atom stereocenters. The highest BCUT2D eigenvalue weighted by Gasteiger charge is 2.21. The molecule has 1 aromatic heterocycles. The quantitative estimate of drug-likeness (QED) is 0.904. The highest BCUT2D eigenvalue weighted by molar-refractivity contribution is 5.49. The summed E-state index contributed by atoms with van der Waals surface area (Å²) in [6.45, 7) is 8.82. The number of hydrogen-bond acceptors (Lipinski definition) is 4.